The summed E-state index contributed by atoms with van der Waals surface area (Å²) in [6.45, 7) is 0. The van der Waals surface area contributed by atoms with Gasteiger partial charge in [0.25, 0.3) is 0 Å². The number of carbonyl (C=O) groups is 1. The van der Waals surface area contributed by atoms with Crippen LogP contribution in [0.5, 0.6) is 0 Å². The van der Waals surface area contributed by atoms with Crippen molar-refractivity contribution in [2.24, 2.45) is 0 Å². The van der Waals surface area contributed by atoms with Crippen molar-refractivity contribution in [2.75, 3.05) is 6.16 Å². The van der Waals surface area contributed by atoms with Gasteiger partial charge >= 0.3 is 5.97 Å². The molecule has 0 spiro atoms. The second kappa shape index (κ2) is 6.20. The van der Waals surface area contributed by atoms with Crippen LogP contribution in [0, 0.1) is 0 Å². The molecule has 1 N–H and O–H groups in total. The first-order valence-corrected chi connectivity index (χ1v) is 6.62. The number of rotatable bonds is 5. The lowest BCUT2D eigenvalue weighted by molar-refractivity contribution is -0.136. The van der Waals surface area contributed by atoms with E-state index in [1.54, 1.807) is 0 Å². The highest BCUT2D eigenvalue weighted by Crippen LogP contribution is 2.31. The number of hydrogen-bond donors (Lipinski definition) is 1. The van der Waals surface area contributed by atoms with E-state index in [0.29, 0.717) is 0 Å². The molecule has 0 heterocycles. The molecule has 0 bridgehead atoms. The summed E-state index contributed by atoms with van der Waals surface area (Å²) in [7, 11) is -2.11. The van der Waals surface area contributed by atoms with E-state index in [-0.39, 0.29) is 18.7 Å². The maximum Gasteiger partial charge on any atom is 0.303 e. The summed E-state index contributed by atoms with van der Waals surface area (Å²) < 4.78 is 16.6. The van der Waals surface area contributed by atoms with Crippen molar-refractivity contribution in [1.82, 2.24) is 0 Å². The highest BCUT2D eigenvalue weighted by atomic mass is 31.1. The molecule has 1 unspecified atom stereocenters. The molecule has 82 valence electrons. The van der Waals surface area contributed by atoms with Crippen LogP contribution >= 0.6 is 8.03 Å². The topological polar surface area (TPSA) is 63.6 Å². The molecule has 1 aliphatic rings. The first kappa shape index (κ1) is 11.7. The monoisotopic (exact) mass is 220 g/mol. The second-order valence-corrected chi connectivity index (χ2v) is 5.12. The maximum absolute atomic E-state index is 11.3. The Hall–Kier alpha value is -0.340. The quantitative estimate of drug-likeness (QED) is 0.722. The van der Waals surface area contributed by atoms with Gasteiger partial charge in [-0.25, -0.2) is 0 Å². The van der Waals surface area contributed by atoms with Crippen LogP contribution in [0.2, 0.25) is 0 Å². The Kier molecular flexibility index (Phi) is 5.20. The molecular weight excluding hydrogens is 203 g/mol. The van der Waals surface area contributed by atoms with E-state index in [2.05, 4.69) is 0 Å². The highest BCUT2D eigenvalue weighted by Gasteiger charge is 2.16. The fourth-order valence-electron chi connectivity index (χ4n) is 1.64. The summed E-state index contributed by atoms with van der Waals surface area (Å²) in [6, 6.07) is 0. The van der Waals surface area contributed by atoms with Crippen molar-refractivity contribution in [2.45, 2.75) is 44.6 Å². The van der Waals surface area contributed by atoms with E-state index in [1.807, 2.05) is 0 Å². The minimum absolute atomic E-state index is 0.0511. The standard InChI is InChI=1S/C9H17O4P/c10-9(11)6-7-14(12)13-8-4-2-1-3-5-8/h8,14H,1-7H2,(H,10,11). The molecule has 1 fully saturated rings. The van der Waals surface area contributed by atoms with Crippen LogP contribution < -0.4 is 0 Å². The zero-order valence-electron chi connectivity index (χ0n) is 8.20. The van der Waals surface area contributed by atoms with Gasteiger partial charge in [-0.3, -0.25) is 9.36 Å². The van der Waals surface area contributed by atoms with Gasteiger partial charge < -0.3 is 9.63 Å². The molecule has 0 aromatic carbocycles. The largest absolute Gasteiger partial charge is 0.481 e. The van der Waals surface area contributed by atoms with E-state index in [0.717, 1.165) is 25.7 Å². The summed E-state index contributed by atoms with van der Waals surface area (Å²) >= 11 is 0. The van der Waals surface area contributed by atoms with Gasteiger partial charge in [0.2, 0.25) is 0 Å². The van der Waals surface area contributed by atoms with Crippen LogP contribution in [-0.2, 0) is 13.9 Å². The first-order chi connectivity index (χ1) is 6.68. The van der Waals surface area contributed by atoms with E-state index in [4.69, 9.17) is 9.63 Å². The Bertz CT molecular complexity index is 211. The Morgan fingerprint density at radius 2 is 2.00 bits per heavy atom. The summed E-state index contributed by atoms with van der Waals surface area (Å²) in [4.78, 5) is 10.2. The third-order valence-corrected chi connectivity index (χ3v) is 3.65. The molecule has 0 aromatic heterocycles. The molecule has 1 atom stereocenters. The molecule has 0 radical (unpaired) electrons. The summed E-state index contributed by atoms with van der Waals surface area (Å²) in [6.07, 6.45) is 5.70. The molecule has 1 aliphatic carbocycles. The van der Waals surface area contributed by atoms with Gasteiger partial charge in [0.05, 0.1) is 12.5 Å². The fourth-order valence-corrected chi connectivity index (χ4v) is 2.78. The maximum atomic E-state index is 11.3. The van der Waals surface area contributed by atoms with Crippen molar-refractivity contribution in [3.05, 3.63) is 0 Å². The van der Waals surface area contributed by atoms with Gasteiger partial charge in [-0.15, -0.1) is 0 Å². The van der Waals surface area contributed by atoms with Crippen molar-refractivity contribution in [3.63, 3.8) is 0 Å². The van der Waals surface area contributed by atoms with E-state index >= 15 is 0 Å². The lowest BCUT2D eigenvalue weighted by Gasteiger charge is -2.21. The van der Waals surface area contributed by atoms with Crippen molar-refractivity contribution >= 4 is 14.0 Å². The molecule has 14 heavy (non-hydrogen) atoms. The Morgan fingerprint density at radius 1 is 1.36 bits per heavy atom. The average molecular weight is 220 g/mol. The second-order valence-electron chi connectivity index (χ2n) is 3.64. The minimum Gasteiger partial charge on any atom is -0.481 e. The van der Waals surface area contributed by atoms with Gasteiger partial charge in [0.15, 0.2) is 8.03 Å². The Labute approximate surface area is 84.5 Å². The zero-order valence-corrected chi connectivity index (χ0v) is 9.20. The molecule has 0 amide bonds. The summed E-state index contributed by atoms with van der Waals surface area (Å²) in [5, 5.41) is 8.39. The van der Waals surface area contributed by atoms with E-state index < -0.39 is 14.0 Å². The number of carboxylic acid groups (broad SMARTS) is 1. The van der Waals surface area contributed by atoms with Gasteiger partial charge in [0.1, 0.15) is 0 Å². The Balaban J connectivity index is 2.15. The van der Waals surface area contributed by atoms with Crippen LogP contribution in [0.3, 0.4) is 0 Å². The molecule has 4 nitrogen and oxygen atoms in total. The molecule has 1 saturated carbocycles. The average Bonchev–Trinajstić information content (AvgIpc) is 2.16. The normalized spacial score (nSPS) is 20.6. The zero-order chi connectivity index (χ0) is 10.4. The molecule has 0 aromatic rings. The van der Waals surface area contributed by atoms with Gasteiger partial charge in [0, 0.05) is 6.16 Å². The van der Waals surface area contributed by atoms with Crippen LogP contribution in [0.4, 0.5) is 0 Å². The lowest BCUT2D eigenvalue weighted by atomic mass is 9.98. The molecule has 0 saturated heterocycles. The molecule has 5 heteroatoms. The number of hydrogen-bond acceptors (Lipinski definition) is 3. The smallest absolute Gasteiger partial charge is 0.303 e. The van der Waals surface area contributed by atoms with Crippen LogP contribution in [0.25, 0.3) is 0 Å². The third-order valence-electron chi connectivity index (χ3n) is 2.39. The fraction of sp³-hybridized carbons (Fsp3) is 0.889. The highest BCUT2D eigenvalue weighted by molar-refractivity contribution is 7.39. The van der Waals surface area contributed by atoms with Crippen LogP contribution in [0.1, 0.15) is 38.5 Å². The molecule has 0 aliphatic heterocycles. The van der Waals surface area contributed by atoms with Gasteiger partial charge in [-0.2, -0.15) is 0 Å². The van der Waals surface area contributed by atoms with Crippen LogP contribution in [-0.4, -0.2) is 23.3 Å². The van der Waals surface area contributed by atoms with Crippen LogP contribution in [0.15, 0.2) is 0 Å². The summed E-state index contributed by atoms with van der Waals surface area (Å²) in [5.74, 6) is -0.907. The minimum atomic E-state index is -2.11. The molecular formula is C9H17O4P. The first-order valence-electron chi connectivity index (χ1n) is 5.10. The SMILES string of the molecule is O=C(O)CC[PH](=O)OC1CCCCC1. The van der Waals surface area contributed by atoms with E-state index in [1.165, 1.54) is 6.42 Å². The number of aliphatic carboxylic acids is 1. The van der Waals surface area contributed by atoms with Crippen molar-refractivity contribution in [1.29, 1.82) is 0 Å². The van der Waals surface area contributed by atoms with Crippen molar-refractivity contribution in [3.8, 4) is 0 Å². The predicted octanol–water partition coefficient (Wildman–Crippen LogP) is 2.29. The number of carboxylic acids is 1. The predicted molar refractivity (Wildman–Crippen MR) is 54.1 cm³/mol. The lowest BCUT2D eigenvalue weighted by Crippen LogP contribution is -2.13. The van der Waals surface area contributed by atoms with E-state index in [9.17, 15) is 9.36 Å². The van der Waals surface area contributed by atoms with Crippen molar-refractivity contribution < 1.29 is 19.0 Å². The third kappa shape index (κ3) is 4.77. The van der Waals surface area contributed by atoms with Gasteiger partial charge in [-0.05, 0) is 12.8 Å². The molecule has 1 rings (SSSR count). The Morgan fingerprint density at radius 3 is 2.57 bits per heavy atom. The summed E-state index contributed by atoms with van der Waals surface area (Å²) in [5.41, 5.74) is 0. The van der Waals surface area contributed by atoms with Gasteiger partial charge in [-0.1, -0.05) is 19.3 Å².